The lowest BCUT2D eigenvalue weighted by Crippen LogP contribution is -2.58. The third-order valence-corrected chi connectivity index (χ3v) is 7.61. The molecule has 1 fully saturated rings. The summed E-state index contributed by atoms with van der Waals surface area (Å²) in [5.74, 6) is -0.514. The molecule has 2 amide bonds. The van der Waals surface area contributed by atoms with Crippen molar-refractivity contribution in [3.63, 3.8) is 0 Å². The molecule has 2 aliphatic heterocycles. The second kappa shape index (κ2) is 11.2. The number of nitrogens with zero attached hydrogens (tertiary/aromatic N) is 2. The van der Waals surface area contributed by atoms with Crippen molar-refractivity contribution in [1.82, 2.24) is 15.5 Å². The van der Waals surface area contributed by atoms with E-state index in [4.69, 9.17) is 0 Å². The lowest BCUT2D eigenvalue weighted by Gasteiger charge is -2.40. The number of carbonyl (C=O) groups excluding carboxylic acids is 2. The molecule has 41 heavy (non-hydrogen) atoms. The van der Waals surface area contributed by atoms with E-state index < -0.39 is 23.4 Å². The van der Waals surface area contributed by atoms with E-state index in [0.717, 1.165) is 16.8 Å². The standard InChI is InChI=1S/C31H41F3N4O3/c1-19-16-37(17-20(2)35-19)28(40)30(6,7)22-12-13-24-21(14-22)15-25(38(24)18-27(39)36-29(3,4)5)23-10-8-9-11-26(23)41-31(32,33)34/h8-14,19-20,25,35H,15-18H2,1-7H3,(H,36,39)/t19-,20+,25?. The van der Waals surface area contributed by atoms with Gasteiger partial charge in [-0.05, 0) is 78.1 Å². The Morgan fingerprint density at radius 2 is 1.63 bits per heavy atom. The number of hydrogen-bond acceptors (Lipinski definition) is 5. The quantitative estimate of drug-likeness (QED) is 0.503. The predicted molar refractivity (Wildman–Crippen MR) is 153 cm³/mol. The molecule has 7 nitrogen and oxygen atoms in total. The zero-order chi connectivity index (χ0) is 30.3. The minimum Gasteiger partial charge on any atom is -0.405 e. The maximum absolute atomic E-state index is 13.7. The van der Waals surface area contributed by atoms with Crippen LogP contribution in [0.3, 0.4) is 0 Å². The van der Waals surface area contributed by atoms with Crippen molar-refractivity contribution in [3.05, 3.63) is 59.2 Å². The number of para-hydroxylation sites is 1. The third kappa shape index (κ3) is 7.15. The zero-order valence-corrected chi connectivity index (χ0v) is 24.9. The molecular weight excluding hydrogens is 533 g/mol. The lowest BCUT2D eigenvalue weighted by atomic mass is 9.81. The molecule has 0 radical (unpaired) electrons. The molecule has 2 aliphatic rings. The Labute approximate surface area is 240 Å². The number of hydrogen-bond donors (Lipinski definition) is 2. The first-order valence-corrected chi connectivity index (χ1v) is 14.1. The van der Waals surface area contributed by atoms with Gasteiger partial charge < -0.3 is 25.2 Å². The highest BCUT2D eigenvalue weighted by Gasteiger charge is 2.40. The normalized spacial score (nSPS) is 21.5. The summed E-state index contributed by atoms with van der Waals surface area (Å²) < 4.78 is 44.2. The van der Waals surface area contributed by atoms with Crippen LogP contribution in [-0.4, -0.2) is 60.3 Å². The molecule has 2 N–H and O–H groups in total. The fraction of sp³-hybridized carbons (Fsp3) is 0.548. The molecule has 2 aromatic rings. The summed E-state index contributed by atoms with van der Waals surface area (Å²) in [6.45, 7) is 14.7. The van der Waals surface area contributed by atoms with Gasteiger partial charge in [0, 0.05) is 42.0 Å². The van der Waals surface area contributed by atoms with Crippen molar-refractivity contribution >= 4 is 17.5 Å². The van der Waals surface area contributed by atoms with Gasteiger partial charge in [0.1, 0.15) is 5.75 Å². The molecule has 0 saturated carbocycles. The van der Waals surface area contributed by atoms with Crippen molar-refractivity contribution in [3.8, 4) is 5.75 Å². The Morgan fingerprint density at radius 1 is 1.00 bits per heavy atom. The van der Waals surface area contributed by atoms with E-state index in [1.807, 2.05) is 62.6 Å². The highest BCUT2D eigenvalue weighted by atomic mass is 19.4. The summed E-state index contributed by atoms with van der Waals surface area (Å²) in [6, 6.07) is 11.6. The molecule has 1 unspecified atom stereocenters. The molecule has 1 saturated heterocycles. The number of nitrogens with one attached hydrogen (secondary N) is 2. The lowest BCUT2D eigenvalue weighted by molar-refractivity contribution is -0.275. The number of alkyl halides is 3. The molecule has 0 bridgehead atoms. The van der Waals surface area contributed by atoms with E-state index in [0.29, 0.717) is 25.1 Å². The molecule has 0 aliphatic carbocycles. The summed E-state index contributed by atoms with van der Waals surface area (Å²) in [7, 11) is 0. The molecule has 0 aromatic heterocycles. The molecule has 10 heteroatoms. The van der Waals surface area contributed by atoms with Gasteiger partial charge in [-0.25, -0.2) is 0 Å². The fourth-order valence-electron chi connectivity index (χ4n) is 5.97. The molecule has 4 rings (SSSR count). The van der Waals surface area contributed by atoms with Crippen LogP contribution in [0.2, 0.25) is 0 Å². The zero-order valence-electron chi connectivity index (χ0n) is 24.9. The van der Waals surface area contributed by atoms with Crippen LogP contribution in [0, 0.1) is 0 Å². The maximum atomic E-state index is 13.7. The summed E-state index contributed by atoms with van der Waals surface area (Å²) in [6.07, 6.45) is -4.50. The van der Waals surface area contributed by atoms with E-state index in [1.165, 1.54) is 12.1 Å². The summed E-state index contributed by atoms with van der Waals surface area (Å²) in [5.41, 5.74) is 1.47. The number of fused-ring (bicyclic) bond motifs is 1. The Bertz CT molecular complexity index is 1280. The smallest absolute Gasteiger partial charge is 0.405 e. The predicted octanol–water partition coefficient (Wildman–Crippen LogP) is 5.09. The van der Waals surface area contributed by atoms with Gasteiger partial charge in [-0.15, -0.1) is 13.2 Å². The SMILES string of the molecule is C[C@@H]1CN(C(=O)C(C)(C)c2ccc3c(c2)CC(c2ccccc2OC(F)(F)F)N3CC(=O)NC(C)(C)C)C[C@H](C)N1. The van der Waals surface area contributed by atoms with Crippen LogP contribution in [0.15, 0.2) is 42.5 Å². The number of anilines is 1. The monoisotopic (exact) mass is 574 g/mol. The van der Waals surface area contributed by atoms with Gasteiger partial charge >= 0.3 is 6.36 Å². The molecule has 0 spiro atoms. The van der Waals surface area contributed by atoms with Crippen molar-refractivity contribution in [2.75, 3.05) is 24.5 Å². The van der Waals surface area contributed by atoms with Crippen molar-refractivity contribution < 1.29 is 27.5 Å². The number of benzene rings is 2. The minimum absolute atomic E-state index is 0.0255. The molecule has 224 valence electrons. The maximum Gasteiger partial charge on any atom is 0.573 e. The molecule has 2 aromatic carbocycles. The minimum atomic E-state index is -4.85. The van der Waals surface area contributed by atoms with Crippen LogP contribution < -0.4 is 20.3 Å². The van der Waals surface area contributed by atoms with E-state index in [1.54, 1.807) is 12.1 Å². The number of rotatable bonds is 6. The van der Waals surface area contributed by atoms with Crippen molar-refractivity contribution in [2.24, 2.45) is 0 Å². The van der Waals surface area contributed by atoms with Crippen LogP contribution in [0.1, 0.15) is 71.2 Å². The van der Waals surface area contributed by atoms with E-state index in [2.05, 4.69) is 29.2 Å². The molecule has 3 atom stereocenters. The van der Waals surface area contributed by atoms with Gasteiger partial charge in [-0.2, -0.15) is 0 Å². The molecule has 2 heterocycles. The second-order valence-electron chi connectivity index (χ2n) is 12.9. The van der Waals surface area contributed by atoms with Crippen LogP contribution in [0.4, 0.5) is 18.9 Å². The summed E-state index contributed by atoms with van der Waals surface area (Å²) in [4.78, 5) is 30.5. The topological polar surface area (TPSA) is 73.9 Å². The van der Waals surface area contributed by atoms with Crippen molar-refractivity contribution in [2.45, 2.75) is 90.3 Å². The Morgan fingerprint density at radius 3 is 2.24 bits per heavy atom. The van der Waals surface area contributed by atoms with Crippen LogP contribution in [0.5, 0.6) is 5.75 Å². The average molecular weight is 575 g/mol. The summed E-state index contributed by atoms with van der Waals surface area (Å²) in [5, 5.41) is 6.40. The van der Waals surface area contributed by atoms with E-state index in [9.17, 15) is 22.8 Å². The van der Waals surface area contributed by atoms with Gasteiger partial charge in [0.25, 0.3) is 0 Å². The third-order valence-electron chi connectivity index (χ3n) is 7.61. The largest absolute Gasteiger partial charge is 0.573 e. The van der Waals surface area contributed by atoms with Gasteiger partial charge in [-0.1, -0.05) is 30.3 Å². The van der Waals surface area contributed by atoms with Gasteiger partial charge in [0.15, 0.2) is 0 Å². The van der Waals surface area contributed by atoms with Crippen LogP contribution >= 0.6 is 0 Å². The number of halogens is 3. The van der Waals surface area contributed by atoms with E-state index >= 15 is 0 Å². The Hall–Kier alpha value is -3.27. The number of ether oxygens (including phenoxy) is 1. The first-order valence-electron chi connectivity index (χ1n) is 14.1. The number of amides is 2. The van der Waals surface area contributed by atoms with Crippen LogP contribution in [0.25, 0.3) is 0 Å². The second-order valence-corrected chi connectivity index (χ2v) is 12.9. The van der Waals surface area contributed by atoms with Gasteiger partial charge in [-0.3, -0.25) is 9.59 Å². The Balaban J connectivity index is 1.70. The first kappa shape index (κ1) is 30.7. The molecular formula is C31H41F3N4O3. The number of piperazine rings is 1. The highest BCUT2D eigenvalue weighted by Crippen LogP contribution is 2.45. The van der Waals surface area contributed by atoms with E-state index in [-0.39, 0.29) is 36.2 Å². The summed E-state index contributed by atoms with van der Waals surface area (Å²) >= 11 is 0. The highest BCUT2D eigenvalue weighted by molar-refractivity contribution is 5.88. The fourth-order valence-corrected chi connectivity index (χ4v) is 5.97. The van der Waals surface area contributed by atoms with Crippen molar-refractivity contribution in [1.29, 1.82) is 0 Å². The first-order chi connectivity index (χ1) is 18.9. The Kier molecular flexibility index (Phi) is 8.38. The number of carbonyl (C=O) groups is 2. The average Bonchev–Trinajstić information content (AvgIpc) is 3.18. The van der Waals surface area contributed by atoms with Gasteiger partial charge in [0.05, 0.1) is 18.0 Å². The van der Waals surface area contributed by atoms with Crippen LogP contribution in [-0.2, 0) is 21.4 Å². The van der Waals surface area contributed by atoms with Gasteiger partial charge in [0.2, 0.25) is 11.8 Å².